The minimum atomic E-state index is -0.346. The number of hydrogen-bond acceptors (Lipinski definition) is 3. The van der Waals surface area contributed by atoms with Gasteiger partial charge in [0.15, 0.2) is 0 Å². The molecule has 1 fully saturated rings. The number of benzene rings is 2. The van der Waals surface area contributed by atoms with E-state index in [-0.39, 0.29) is 6.10 Å². The molecule has 1 aliphatic carbocycles. The largest absolute Gasteiger partial charge is 0.388 e. The number of likely N-dealkylation sites (tertiary alicyclic amines) is 1. The van der Waals surface area contributed by atoms with E-state index in [0.717, 1.165) is 31.4 Å². The maximum absolute atomic E-state index is 10.9. The molecule has 0 amide bonds. The molecule has 2 unspecified atom stereocenters. The van der Waals surface area contributed by atoms with Gasteiger partial charge in [-0.3, -0.25) is 0 Å². The van der Waals surface area contributed by atoms with Gasteiger partial charge < -0.3 is 14.7 Å². The van der Waals surface area contributed by atoms with E-state index >= 15 is 0 Å². The summed E-state index contributed by atoms with van der Waals surface area (Å²) < 4.78 is 5.38. The molecule has 2 aromatic rings. The molecule has 0 aromatic heterocycles. The third-order valence-corrected chi connectivity index (χ3v) is 6.70. The number of piperidine rings is 1. The quantitative estimate of drug-likeness (QED) is 0.765. The van der Waals surface area contributed by atoms with E-state index < -0.39 is 0 Å². The number of aliphatic hydroxyl groups excluding tert-OH is 1. The van der Waals surface area contributed by atoms with Gasteiger partial charge in [0.05, 0.1) is 12.7 Å². The Labute approximate surface area is 169 Å². The second-order valence-corrected chi connectivity index (χ2v) is 8.56. The predicted octanol–water partition coefficient (Wildman–Crippen LogP) is 4.70. The molecule has 0 radical (unpaired) electrons. The summed E-state index contributed by atoms with van der Waals surface area (Å²) in [5.74, 6) is 1.27. The Morgan fingerprint density at radius 1 is 1.00 bits per heavy atom. The van der Waals surface area contributed by atoms with Crippen molar-refractivity contribution in [2.24, 2.45) is 5.92 Å². The van der Waals surface area contributed by atoms with Gasteiger partial charge in [-0.05, 0) is 79.3 Å². The molecule has 2 aromatic carbocycles. The summed E-state index contributed by atoms with van der Waals surface area (Å²) in [4.78, 5) is 2.63. The fourth-order valence-electron chi connectivity index (χ4n) is 5.18. The SMILES string of the molecule is COCc1cccc2c1CCC(CN1CCC(c3ccccc3)CC1)CC2O. The summed E-state index contributed by atoms with van der Waals surface area (Å²) >= 11 is 0. The highest BCUT2D eigenvalue weighted by Crippen LogP contribution is 2.35. The third kappa shape index (κ3) is 4.48. The van der Waals surface area contributed by atoms with E-state index in [1.165, 1.54) is 42.6 Å². The summed E-state index contributed by atoms with van der Waals surface area (Å²) in [6, 6.07) is 17.3. The topological polar surface area (TPSA) is 32.7 Å². The Balaban J connectivity index is 1.35. The normalized spacial score (nSPS) is 23.9. The van der Waals surface area contributed by atoms with Crippen molar-refractivity contribution in [2.75, 3.05) is 26.7 Å². The fraction of sp³-hybridized carbons (Fsp3) is 0.520. The van der Waals surface area contributed by atoms with E-state index in [1.54, 1.807) is 7.11 Å². The highest BCUT2D eigenvalue weighted by Gasteiger charge is 2.27. The van der Waals surface area contributed by atoms with Crippen LogP contribution in [0.1, 0.15) is 60.0 Å². The Bertz CT molecular complexity index is 752. The first-order valence-electron chi connectivity index (χ1n) is 10.8. The number of fused-ring (bicyclic) bond motifs is 1. The Morgan fingerprint density at radius 2 is 1.79 bits per heavy atom. The first kappa shape index (κ1) is 19.6. The summed E-state index contributed by atoms with van der Waals surface area (Å²) in [6.07, 6.45) is 5.23. The zero-order valence-electron chi connectivity index (χ0n) is 17.0. The maximum Gasteiger partial charge on any atom is 0.0796 e. The average molecular weight is 380 g/mol. The Kier molecular flexibility index (Phi) is 6.46. The lowest BCUT2D eigenvalue weighted by molar-refractivity contribution is 0.117. The monoisotopic (exact) mass is 379 g/mol. The van der Waals surface area contributed by atoms with Crippen LogP contribution in [0.5, 0.6) is 0 Å². The van der Waals surface area contributed by atoms with Gasteiger partial charge in [-0.15, -0.1) is 0 Å². The van der Waals surface area contributed by atoms with Crippen LogP contribution in [0.25, 0.3) is 0 Å². The van der Waals surface area contributed by atoms with E-state index in [0.29, 0.717) is 18.4 Å². The minimum Gasteiger partial charge on any atom is -0.388 e. The molecular formula is C25H33NO2. The molecule has 3 nitrogen and oxygen atoms in total. The first-order valence-corrected chi connectivity index (χ1v) is 10.8. The van der Waals surface area contributed by atoms with Crippen LogP contribution >= 0.6 is 0 Å². The zero-order chi connectivity index (χ0) is 19.3. The van der Waals surface area contributed by atoms with Crippen LogP contribution < -0.4 is 0 Å². The van der Waals surface area contributed by atoms with E-state index in [9.17, 15) is 5.11 Å². The van der Waals surface area contributed by atoms with Crippen molar-refractivity contribution in [3.05, 3.63) is 70.8 Å². The molecular weight excluding hydrogens is 346 g/mol. The zero-order valence-corrected chi connectivity index (χ0v) is 17.0. The molecule has 0 saturated carbocycles. The van der Waals surface area contributed by atoms with E-state index in [4.69, 9.17) is 4.74 Å². The number of aliphatic hydroxyl groups is 1. The van der Waals surface area contributed by atoms with Crippen molar-refractivity contribution in [1.29, 1.82) is 0 Å². The Morgan fingerprint density at radius 3 is 2.54 bits per heavy atom. The molecule has 2 atom stereocenters. The van der Waals surface area contributed by atoms with Gasteiger partial charge in [-0.25, -0.2) is 0 Å². The van der Waals surface area contributed by atoms with E-state index in [1.807, 2.05) is 0 Å². The molecule has 1 saturated heterocycles. The van der Waals surface area contributed by atoms with Crippen LogP contribution in [0.4, 0.5) is 0 Å². The molecule has 1 heterocycles. The van der Waals surface area contributed by atoms with Crippen molar-refractivity contribution < 1.29 is 9.84 Å². The second-order valence-electron chi connectivity index (χ2n) is 8.56. The number of ether oxygens (including phenoxy) is 1. The highest BCUT2D eigenvalue weighted by molar-refractivity contribution is 5.37. The van der Waals surface area contributed by atoms with Crippen molar-refractivity contribution >= 4 is 0 Å². The smallest absolute Gasteiger partial charge is 0.0796 e. The molecule has 4 rings (SSSR count). The molecule has 2 aliphatic rings. The summed E-state index contributed by atoms with van der Waals surface area (Å²) in [5.41, 5.74) is 5.18. The third-order valence-electron chi connectivity index (χ3n) is 6.70. The maximum atomic E-state index is 10.9. The average Bonchev–Trinajstić information content (AvgIpc) is 2.89. The molecule has 3 heteroatoms. The van der Waals surface area contributed by atoms with Crippen LogP contribution in [0, 0.1) is 5.92 Å². The molecule has 1 N–H and O–H groups in total. The minimum absolute atomic E-state index is 0.346. The predicted molar refractivity (Wildman–Crippen MR) is 113 cm³/mol. The van der Waals surface area contributed by atoms with Crippen molar-refractivity contribution in [1.82, 2.24) is 4.90 Å². The van der Waals surface area contributed by atoms with Gasteiger partial charge in [-0.1, -0.05) is 48.5 Å². The molecule has 1 aliphatic heterocycles. The van der Waals surface area contributed by atoms with Crippen molar-refractivity contribution in [3.8, 4) is 0 Å². The summed E-state index contributed by atoms with van der Waals surface area (Å²) in [5, 5.41) is 10.9. The van der Waals surface area contributed by atoms with E-state index in [2.05, 4.69) is 53.4 Å². The van der Waals surface area contributed by atoms with Crippen LogP contribution in [-0.4, -0.2) is 36.8 Å². The van der Waals surface area contributed by atoms with Gasteiger partial charge in [0.2, 0.25) is 0 Å². The lowest BCUT2D eigenvalue weighted by atomic mass is 9.88. The Hall–Kier alpha value is -1.68. The lowest BCUT2D eigenvalue weighted by Crippen LogP contribution is -2.36. The standard InChI is InChI=1S/C25H33NO2/c1-28-18-22-8-5-9-24-23(22)11-10-19(16-25(24)27)17-26-14-12-21(13-15-26)20-6-3-2-4-7-20/h2-9,19,21,25,27H,10-18H2,1H3. The molecule has 0 spiro atoms. The van der Waals surface area contributed by atoms with Gasteiger partial charge >= 0.3 is 0 Å². The number of methoxy groups -OCH3 is 1. The summed E-state index contributed by atoms with van der Waals surface area (Å²) in [6.45, 7) is 4.10. The molecule has 28 heavy (non-hydrogen) atoms. The number of hydrogen-bond donors (Lipinski definition) is 1. The lowest BCUT2D eigenvalue weighted by Gasteiger charge is -2.34. The van der Waals surface area contributed by atoms with Gasteiger partial charge in [-0.2, -0.15) is 0 Å². The van der Waals surface area contributed by atoms with Crippen LogP contribution in [0.3, 0.4) is 0 Å². The number of rotatable bonds is 5. The number of nitrogens with zero attached hydrogens (tertiary/aromatic N) is 1. The van der Waals surface area contributed by atoms with Gasteiger partial charge in [0.1, 0.15) is 0 Å². The molecule has 150 valence electrons. The second kappa shape index (κ2) is 9.21. The first-order chi connectivity index (χ1) is 13.7. The van der Waals surface area contributed by atoms with Gasteiger partial charge in [0.25, 0.3) is 0 Å². The van der Waals surface area contributed by atoms with Crippen molar-refractivity contribution in [3.63, 3.8) is 0 Å². The van der Waals surface area contributed by atoms with Crippen LogP contribution in [0.15, 0.2) is 48.5 Å². The highest BCUT2D eigenvalue weighted by atomic mass is 16.5. The van der Waals surface area contributed by atoms with Crippen molar-refractivity contribution in [2.45, 2.75) is 50.7 Å². The molecule has 0 bridgehead atoms. The fourth-order valence-corrected chi connectivity index (χ4v) is 5.18. The van der Waals surface area contributed by atoms with Crippen LogP contribution in [0.2, 0.25) is 0 Å². The van der Waals surface area contributed by atoms with Gasteiger partial charge in [0, 0.05) is 13.7 Å². The summed E-state index contributed by atoms with van der Waals surface area (Å²) in [7, 11) is 1.74. The van der Waals surface area contributed by atoms with Crippen LogP contribution in [-0.2, 0) is 17.8 Å².